The predicted molar refractivity (Wildman–Crippen MR) is 66.2 cm³/mol. The molecule has 0 unspecified atom stereocenters. The van der Waals surface area contributed by atoms with E-state index in [0.29, 0.717) is 12.0 Å². The van der Waals surface area contributed by atoms with Gasteiger partial charge in [-0.05, 0) is 32.7 Å². The lowest BCUT2D eigenvalue weighted by Gasteiger charge is -2.16. The quantitative estimate of drug-likeness (QED) is 0.688. The van der Waals surface area contributed by atoms with Gasteiger partial charge in [0.2, 0.25) is 0 Å². The maximum atomic E-state index is 8.84. The third kappa shape index (κ3) is 16.5. The smallest absolute Gasteiger partial charge is 0.0584 e. The monoisotopic (exact) mass is 219 g/mol. The SMILES string of the molecule is CCN[C@H](CO)CC(C)C.CCOCC. The minimum absolute atomic E-state index is 0.256. The molecule has 0 aromatic rings. The second kappa shape index (κ2) is 13.9. The van der Waals surface area contributed by atoms with Gasteiger partial charge < -0.3 is 15.2 Å². The fourth-order valence-corrected chi connectivity index (χ4v) is 1.28. The Bertz CT molecular complexity index is 106. The number of rotatable bonds is 7. The van der Waals surface area contributed by atoms with Gasteiger partial charge in [-0.2, -0.15) is 0 Å². The topological polar surface area (TPSA) is 41.5 Å². The zero-order valence-corrected chi connectivity index (χ0v) is 11.0. The van der Waals surface area contributed by atoms with Gasteiger partial charge in [0.1, 0.15) is 0 Å². The number of nitrogens with one attached hydrogen (secondary N) is 1. The van der Waals surface area contributed by atoms with Gasteiger partial charge in [0.05, 0.1) is 6.61 Å². The van der Waals surface area contributed by atoms with Crippen molar-refractivity contribution in [3.63, 3.8) is 0 Å². The second-order valence-corrected chi connectivity index (χ2v) is 3.85. The summed E-state index contributed by atoms with van der Waals surface area (Å²) in [5.74, 6) is 0.663. The minimum atomic E-state index is 0.256. The first kappa shape index (κ1) is 17.3. The van der Waals surface area contributed by atoms with E-state index >= 15 is 0 Å². The molecule has 0 saturated carbocycles. The molecule has 0 saturated heterocycles. The molecule has 0 fully saturated rings. The second-order valence-electron chi connectivity index (χ2n) is 3.85. The van der Waals surface area contributed by atoms with Crippen LogP contribution in [0.3, 0.4) is 0 Å². The Morgan fingerprint density at radius 3 is 1.87 bits per heavy atom. The zero-order valence-electron chi connectivity index (χ0n) is 11.0. The molecular weight excluding hydrogens is 190 g/mol. The van der Waals surface area contributed by atoms with Gasteiger partial charge in [0, 0.05) is 19.3 Å². The molecule has 0 amide bonds. The van der Waals surface area contributed by atoms with Crippen LogP contribution in [0, 0.1) is 5.92 Å². The van der Waals surface area contributed by atoms with Crippen LogP contribution in [-0.4, -0.2) is 37.5 Å². The summed E-state index contributed by atoms with van der Waals surface area (Å²) >= 11 is 0. The summed E-state index contributed by atoms with van der Waals surface area (Å²) < 4.78 is 4.83. The number of aliphatic hydroxyl groups excluding tert-OH is 1. The Kier molecular flexibility index (Phi) is 16.0. The highest BCUT2D eigenvalue weighted by molar-refractivity contribution is 4.65. The van der Waals surface area contributed by atoms with E-state index < -0.39 is 0 Å². The number of hydrogen-bond acceptors (Lipinski definition) is 3. The van der Waals surface area contributed by atoms with Gasteiger partial charge in [-0.3, -0.25) is 0 Å². The van der Waals surface area contributed by atoms with Gasteiger partial charge in [-0.1, -0.05) is 20.8 Å². The van der Waals surface area contributed by atoms with Crippen molar-refractivity contribution < 1.29 is 9.84 Å². The van der Waals surface area contributed by atoms with Crippen molar-refractivity contribution in [3.8, 4) is 0 Å². The van der Waals surface area contributed by atoms with Crippen molar-refractivity contribution in [2.45, 2.75) is 47.1 Å². The van der Waals surface area contributed by atoms with Crippen LogP contribution < -0.4 is 5.32 Å². The normalized spacial score (nSPS) is 12.2. The molecule has 3 heteroatoms. The number of hydrogen-bond donors (Lipinski definition) is 2. The van der Waals surface area contributed by atoms with Gasteiger partial charge in [-0.25, -0.2) is 0 Å². The first-order chi connectivity index (χ1) is 7.12. The van der Waals surface area contributed by atoms with E-state index in [1.165, 1.54) is 0 Å². The van der Waals surface area contributed by atoms with Gasteiger partial charge in [-0.15, -0.1) is 0 Å². The molecule has 1 atom stereocenters. The van der Waals surface area contributed by atoms with Crippen LogP contribution in [-0.2, 0) is 4.74 Å². The summed E-state index contributed by atoms with van der Waals surface area (Å²) in [6, 6.07) is 0.296. The van der Waals surface area contributed by atoms with Crippen molar-refractivity contribution in [3.05, 3.63) is 0 Å². The number of aliphatic hydroxyl groups is 1. The molecular formula is C12H29NO2. The van der Waals surface area contributed by atoms with Crippen molar-refractivity contribution in [2.75, 3.05) is 26.4 Å². The molecule has 0 bridgehead atoms. The molecule has 0 heterocycles. The van der Waals surface area contributed by atoms with Gasteiger partial charge >= 0.3 is 0 Å². The highest BCUT2D eigenvalue weighted by atomic mass is 16.5. The van der Waals surface area contributed by atoms with Crippen molar-refractivity contribution in [2.24, 2.45) is 5.92 Å². The summed E-state index contributed by atoms with van der Waals surface area (Å²) in [4.78, 5) is 0. The fraction of sp³-hybridized carbons (Fsp3) is 1.00. The lowest BCUT2D eigenvalue weighted by molar-refractivity contribution is 0.162. The van der Waals surface area contributed by atoms with Crippen LogP contribution in [0.5, 0.6) is 0 Å². The van der Waals surface area contributed by atoms with Gasteiger partial charge in [0.15, 0.2) is 0 Å². The Labute approximate surface area is 95.2 Å². The molecule has 0 aliphatic heterocycles. The number of ether oxygens (including phenoxy) is 1. The standard InChI is InChI=1S/C8H19NO.C4H10O/c1-4-9-8(6-10)5-7(2)3;1-3-5-4-2/h7-10H,4-6H2,1-3H3;3-4H2,1-2H3/t8-;/m0./s1. The van der Waals surface area contributed by atoms with Crippen LogP contribution in [0.15, 0.2) is 0 Å². The third-order valence-corrected chi connectivity index (χ3v) is 1.88. The van der Waals surface area contributed by atoms with E-state index in [-0.39, 0.29) is 6.61 Å². The third-order valence-electron chi connectivity index (χ3n) is 1.88. The van der Waals surface area contributed by atoms with E-state index in [2.05, 4.69) is 26.1 Å². The highest BCUT2D eigenvalue weighted by Gasteiger charge is 2.06. The largest absolute Gasteiger partial charge is 0.395 e. The molecule has 15 heavy (non-hydrogen) atoms. The Balaban J connectivity index is 0. The zero-order chi connectivity index (χ0) is 12.1. The molecule has 0 spiro atoms. The van der Waals surface area contributed by atoms with Crippen LogP contribution in [0.2, 0.25) is 0 Å². The van der Waals surface area contributed by atoms with E-state index in [9.17, 15) is 0 Å². The van der Waals surface area contributed by atoms with Crippen LogP contribution in [0.1, 0.15) is 41.0 Å². The molecule has 0 aromatic carbocycles. The predicted octanol–water partition coefficient (Wildman–Crippen LogP) is 2.05. The van der Waals surface area contributed by atoms with Crippen LogP contribution >= 0.6 is 0 Å². The van der Waals surface area contributed by atoms with Crippen LogP contribution in [0.4, 0.5) is 0 Å². The lowest BCUT2D eigenvalue weighted by atomic mass is 10.0. The first-order valence-electron chi connectivity index (χ1n) is 6.04. The summed E-state index contributed by atoms with van der Waals surface area (Å²) in [5, 5.41) is 12.1. The maximum Gasteiger partial charge on any atom is 0.0584 e. The Hall–Kier alpha value is -0.120. The molecule has 0 aromatic heterocycles. The highest BCUT2D eigenvalue weighted by Crippen LogP contribution is 2.03. The van der Waals surface area contributed by atoms with E-state index in [1.807, 2.05) is 13.8 Å². The Morgan fingerprint density at radius 2 is 1.67 bits per heavy atom. The molecule has 0 rings (SSSR count). The molecule has 3 nitrogen and oxygen atoms in total. The summed E-state index contributed by atoms with van der Waals surface area (Å²) in [6.07, 6.45) is 1.06. The summed E-state index contributed by atoms with van der Waals surface area (Å²) in [5.41, 5.74) is 0. The fourth-order valence-electron chi connectivity index (χ4n) is 1.28. The lowest BCUT2D eigenvalue weighted by Crippen LogP contribution is -2.33. The first-order valence-corrected chi connectivity index (χ1v) is 6.04. The maximum absolute atomic E-state index is 8.84. The molecule has 2 N–H and O–H groups in total. The summed E-state index contributed by atoms with van der Waals surface area (Å²) in [7, 11) is 0. The summed E-state index contributed by atoms with van der Waals surface area (Å²) in [6.45, 7) is 13.3. The average Bonchev–Trinajstić information content (AvgIpc) is 2.18. The minimum Gasteiger partial charge on any atom is -0.395 e. The van der Waals surface area contributed by atoms with Crippen molar-refractivity contribution in [1.82, 2.24) is 5.32 Å². The molecule has 0 aliphatic rings. The molecule has 0 aliphatic carbocycles. The Morgan fingerprint density at radius 1 is 1.13 bits per heavy atom. The van der Waals surface area contributed by atoms with E-state index in [1.54, 1.807) is 0 Å². The molecule has 94 valence electrons. The van der Waals surface area contributed by atoms with Gasteiger partial charge in [0.25, 0.3) is 0 Å². The molecule has 0 radical (unpaired) electrons. The van der Waals surface area contributed by atoms with E-state index in [4.69, 9.17) is 9.84 Å². The number of likely N-dealkylation sites (N-methyl/N-ethyl adjacent to an activating group) is 1. The van der Waals surface area contributed by atoms with E-state index in [0.717, 1.165) is 26.2 Å². The average molecular weight is 219 g/mol. The van der Waals surface area contributed by atoms with Crippen molar-refractivity contribution in [1.29, 1.82) is 0 Å². The van der Waals surface area contributed by atoms with Crippen molar-refractivity contribution >= 4 is 0 Å². The van der Waals surface area contributed by atoms with Crippen LogP contribution in [0.25, 0.3) is 0 Å².